The lowest BCUT2D eigenvalue weighted by atomic mass is 10.2. The molecule has 1 N–H and O–H groups in total. The van der Waals surface area contributed by atoms with E-state index in [0.717, 1.165) is 0 Å². The number of halogens is 1. The van der Waals surface area contributed by atoms with E-state index in [1.807, 2.05) is 6.07 Å². The summed E-state index contributed by atoms with van der Waals surface area (Å²) in [7, 11) is -3.47. The van der Waals surface area contributed by atoms with Crippen LogP contribution in [0.25, 0.3) is 0 Å². The first-order valence-electron chi connectivity index (χ1n) is 6.92. The van der Waals surface area contributed by atoms with Crippen molar-refractivity contribution in [2.75, 3.05) is 6.61 Å². The first-order chi connectivity index (χ1) is 10.5. The summed E-state index contributed by atoms with van der Waals surface area (Å²) >= 11 is 0. The van der Waals surface area contributed by atoms with Crippen LogP contribution >= 0.6 is 0 Å². The van der Waals surface area contributed by atoms with E-state index in [4.69, 9.17) is 4.74 Å². The number of ether oxygens (including phenoxy) is 1. The van der Waals surface area contributed by atoms with Crippen molar-refractivity contribution in [3.8, 4) is 5.75 Å². The molecule has 0 unspecified atom stereocenters. The van der Waals surface area contributed by atoms with E-state index in [2.05, 4.69) is 4.72 Å². The van der Waals surface area contributed by atoms with Gasteiger partial charge in [-0.05, 0) is 30.2 Å². The highest BCUT2D eigenvalue weighted by Gasteiger charge is 2.12. The molecule has 0 aromatic heterocycles. The maximum atomic E-state index is 13.7. The molecule has 0 aliphatic heterocycles. The van der Waals surface area contributed by atoms with Crippen molar-refractivity contribution >= 4 is 10.0 Å². The predicted octanol–water partition coefficient (Wildman–Crippen LogP) is 2.84. The van der Waals surface area contributed by atoms with Crippen molar-refractivity contribution < 1.29 is 17.5 Å². The van der Waals surface area contributed by atoms with E-state index in [9.17, 15) is 12.8 Å². The van der Waals surface area contributed by atoms with Crippen molar-refractivity contribution in [1.29, 1.82) is 0 Å². The molecule has 0 amide bonds. The Hall–Kier alpha value is -1.92. The minimum absolute atomic E-state index is 0.0402. The van der Waals surface area contributed by atoms with Gasteiger partial charge in [-0.3, -0.25) is 0 Å². The van der Waals surface area contributed by atoms with Gasteiger partial charge in [0.1, 0.15) is 0 Å². The highest BCUT2D eigenvalue weighted by atomic mass is 32.2. The molecule has 0 saturated carbocycles. The fourth-order valence-corrected chi connectivity index (χ4v) is 3.08. The molecule has 2 aromatic carbocycles. The lowest BCUT2D eigenvalue weighted by Crippen LogP contribution is -2.24. The number of hydrogen-bond donors (Lipinski definition) is 1. The molecule has 6 heteroatoms. The molecule has 0 radical (unpaired) electrons. The number of sulfonamides is 1. The molecule has 118 valence electrons. The van der Waals surface area contributed by atoms with E-state index in [1.165, 1.54) is 12.1 Å². The molecule has 0 spiro atoms. The Morgan fingerprint density at radius 2 is 1.82 bits per heavy atom. The molecule has 0 saturated heterocycles. The fourth-order valence-electron chi connectivity index (χ4n) is 1.96. The zero-order valence-electron chi connectivity index (χ0n) is 12.3. The molecule has 0 heterocycles. The quantitative estimate of drug-likeness (QED) is 0.852. The maximum absolute atomic E-state index is 13.7. The summed E-state index contributed by atoms with van der Waals surface area (Å²) in [5.41, 5.74) is 1.24. The van der Waals surface area contributed by atoms with Crippen LogP contribution in [0.1, 0.15) is 18.1 Å². The zero-order valence-corrected chi connectivity index (χ0v) is 13.1. The van der Waals surface area contributed by atoms with Crippen LogP contribution in [0.2, 0.25) is 0 Å². The molecule has 0 aliphatic rings. The van der Waals surface area contributed by atoms with Crippen LogP contribution in [0.4, 0.5) is 4.39 Å². The molecule has 4 nitrogen and oxygen atoms in total. The van der Waals surface area contributed by atoms with E-state index in [-0.39, 0.29) is 18.0 Å². The van der Waals surface area contributed by atoms with Gasteiger partial charge in [-0.1, -0.05) is 36.4 Å². The van der Waals surface area contributed by atoms with Gasteiger partial charge in [-0.15, -0.1) is 0 Å². The van der Waals surface area contributed by atoms with Gasteiger partial charge in [0.05, 0.1) is 12.4 Å². The second-order valence-electron chi connectivity index (χ2n) is 4.76. The van der Waals surface area contributed by atoms with Gasteiger partial charge in [-0.2, -0.15) is 0 Å². The Morgan fingerprint density at radius 1 is 1.09 bits per heavy atom. The molecular weight excluding hydrogens is 305 g/mol. The largest absolute Gasteiger partial charge is 0.491 e. The fraction of sp³-hybridized carbons (Fsp3) is 0.250. The van der Waals surface area contributed by atoms with Crippen LogP contribution in [-0.2, 0) is 22.3 Å². The molecular formula is C16H18FNO3S. The van der Waals surface area contributed by atoms with Gasteiger partial charge >= 0.3 is 0 Å². The van der Waals surface area contributed by atoms with Gasteiger partial charge in [0.25, 0.3) is 0 Å². The summed E-state index contributed by atoms with van der Waals surface area (Å²) in [5, 5.41) is 0. The maximum Gasteiger partial charge on any atom is 0.216 e. The van der Waals surface area contributed by atoms with Crippen LogP contribution in [0, 0.1) is 5.82 Å². The van der Waals surface area contributed by atoms with Gasteiger partial charge < -0.3 is 4.74 Å². The van der Waals surface area contributed by atoms with E-state index in [1.54, 1.807) is 37.3 Å². The van der Waals surface area contributed by atoms with E-state index in [0.29, 0.717) is 17.7 Å². The Bertz CT molecular complexity index is 717. The van der Waals surface area contributed by atoms with Crippen LogP contribution in [0.5, 0.6) is 5.75 Å². The summed E-state index contributed by atoms with van der Waals surface area (Å²) in [4.78, 5) is 0. The number of hydrogen-bond acceptors (Lipinski definition) is 3. The molecule has 2 aromatic rings. The van der Waals surface area contributed by atoms with Gasteiger partial charge in [0, 0.05) is 6.54 Å². The third-order valence-electron chi connectivity index (χ3n) is 2.99. The average Bonchev–Trinajstić information content (AvgIpc) is 2.48. The highest BCUT2D eigenvalue weighted by molar-refractivity contribution is 7.88. The molecule has 2 rings (SSSR count). The Morgan fingerprint density at radius 3 is 2.45 bits per heavy atom. The van der Waals surface area contributed by atoms with Crippen LogP contribution in [0.15, 0.2) is 48.5 Å². The molecule has 0 aliphatic carbocycles. The Kier molecular flexibility index (Phi) is 5.51. The monoisotopic (exact) mass is 323 g/mol. The van der Waals surface area contributed by atoms with Crippen molar-refractivity contribution in [2.24, 2.45) is 0 Å². The highest BCUT2D eigenvalue weighted by Crippen LogP contribution is 2.18. The third-order valence-corrected chi connectivity index (χ3v) is 4.29. The minimum Gasteiger partial charge on any atom is -0.491 e. The minimum atomic E-state index is -3.47. The standard InChI is InChI=1S/C16H18FNO3S/c1-2-21-16-9-8-14(10-15(16)17)11-18-22(19,20)12-13-6-4-3-5-7-13/h3-10,18H,2,11-12H2,1H3. The number of nitrogens with one attached hydrogen (secondary N) is 1. The van der Waals surface area contributed by atoms with Gasteiger partial charge in [-0.25, -0.2) is 17.5 Å². The van der Waals surface area contributed by atoms with Crippen molar-refractivity contribution in [3.05, 3.63) is 65.5 Å². The first kappa shape index (κ1) is 16.5. The predicted molar refractivity (Wildman–Crippen MR) is 83.5 cm³/mol. The van der Waals surface area contributed by atoms with Crippen molar-refractivity contribution in [3.63, 3.8) is 0 Å². The topological polar surface area (TPSA) is 55.4 Å². The summed E-state index contributed by atoms with van der Waals surface area (Å²) < 4.78 is 45.3. The van der Waals surface area contributed by atoms with Crippen molar-refractivity contribution in [2.45, 2.75) is 19.2 Å². The first-order valence-corrected chi connectivity index (χ1v) is 8.58. The zero-order chi connectivity index (χ0) is 16.0. The molecule has 0 bridgehead atoms. The summed E-state index contributed by atoms with van der Waals surface area (Å²) in [6, 6.07) is 13.3. The van der Waals surface area contributed by atoms with Gasteiger partial charge in [0.2, 0.25) is 10.0 Å². The summed E-state index contributed by atoms with van der Waals surface area (Å²) in [5.74, 6) is -0.437. The normalized spacial score (nSPS) is 11.4. The third kappa shape index (κ3) is 4.82. The van der Waals surface area contributed by atoms with Gasteiger partial charge in [0.15, 0.2) is 11.6 Å². The lowest BCUT2D eigenvalue weighted by molar-refractivity contribution is 0.321. The smallest absolute Gasteiger partial charge is 0.216 e. The number of benzene rings is 2. The van der Waals surface area contributed by atoms with Crippen LogP contribution < -0.4 is 9.46 Å². The van der Waals surface area contributed by atoms with Crippen LogP contribution in [0.3, 0.4) is 0 Å². The number of rotatable bonds is 7. The van der Waals surface area contributed by atoms with Crippen LogP contribution in [-0.4, -0.2) is 15.0 Å². The summed E-state index contributed by atoms with van der Waals surface area (Å²) in [6.07, 6.45) is 0. The summed E-state index contributed by atoms with van der Waals surface area (Å²) in [6.45, 7) is 2.18. The second-order valence-corrected chi connectivity index (χ2v) is 6.57. The average molecular weight is 323 g/mol. The van der Waals surface area contributed by atoms with E-state index < -0.39 is 15.8 Å². The molecule has 22 heavy (non-hydrogen) atoms. The SMILES string of the molecule is CCOc1ccc(CNS(=O)(=O)Cc2ccccc2)cc1F. The molecule has 0 atom stereocenters. The van der Waals surface area contributed by atoms with E-state index >= 15 is 0 Å². The lowest BCUT2D eigenvalue weighted by Gasteiger charge is -2.09. The second kappa shape index (κ2) is 7.38. The Balaban J connectivity index is 1.98. The molecule has 0 fully saturated rings. The Labute approximate surface area is 130 Å². The van der Waals surface area contributed by atoms with Crippen molar-refractivity contribution in [1.82, 2.24) is 4.72 Å².